The number of amides is 1. The standard InChI is InChI=1S/C16H15ClN4OS/c1-11(20(2)16(22)14-7-8-15(17)23-14)12-3-5-13(6-4-12)21-10-18-9-19-21/h3-11H,1-2H3/t11-/m0/s1. The first-order valence-electron chi connectivity index (χ1n) is 7.03. The fourth-order valence-electron chi connectivity index (χ4n) is 2.25. The summed E-state index contributed by atoms with van der Waals surface area (Å²) in [6.45, 7) is 2.00. The van der Waals surface area contributed by atoms with Crippen LogP contribution in [-0.2, 0) is 0 Å². The maximum atomic E-state index is 12.5. The van der Waals surface area contributed by atoms with Crippen molar-refractivity contribution in [2.24, 2.45) is 0 Å². The lowest BCUT2D eigenvalue weighted by Crippen LogP contribution is -2.29. The molecule has 3 aromatic rings. The molecule has 23 heavy (non-hydrogen) atoms. The molecule has 0 spiro atoms. The van der Waals surface area contributed by atoms with E-state index < -0.39 is 0 Å². The normalized spacial score (nSPS) is 12.1. The largest absolute Gasteiger partial charge is 0.334 e. The number of aromatic nitrogens is 3. The van der Waals surface area contributed by atoms with Gasteiger partial charge in [-0.05, 0) is 36.8 Å². The molecule has 0 unspecified atom stereocenters. The minimum absolute atomic E-state index is 0.0326. The number of carbonyl (C=O) groups excluding carboxylic acids is 1. The second-order valence-electron chi connectivity index (χ2n) is 5.13. The summed E-state index contributed by atoms with van der Waals surface area (Å²) in [6.07, 6.45) is 3.14. The molecule has 2 aromatic heterocycles. The number of carbonyl (C=O) groups is 1. The smallest absolute Gasteiger partial charge is 0.264 e. The number of rotatable bonds is 4. The van der Waals surface area contributed by atoms with Crippen LogP contribution >= 0.6 is 22.9 Å². The molecule has 0 radical (unpaired) electrons. The number of halogens is 1. The lowest BCUT2D eigenvalue weighted by Gasteiger charge is -2.25. The fourth-order valence-corrected chi connectivity index (χ4v) is 3.28. The van der Waals surface area contributed by atoms with Crippen molar-refractivity contribution in [2.45, 2.75) is 13.0 Å². The van der Waals surface area contributed by atoms with Crippen molar-refractivity contribution in [1.29, 1.82) is 0 Å². The first-order valence-corrected chi connectivity index (χ1v) is 8.23. The molecular formula is C16H15ClN4OS. The Morgan fingerprint density at radius 2 is 2.00 bits per heavy atom. The second-order valence-corrected chi connectivity index (χ2v) is 6.84. The summed E-state index contributed by atoms with van der Waals surface area (Å²) in [5.41, 5.74) is 1.98. The third kappa shape index (κ3) is 3.28. The van der Waals surface area contributed by atoms with Crippen molar-refractivity contribution in [1.82, 2.24) is 19.7 Å². The number of thiophene rings is 1. The summed E-state index contributed by atoms with van der Waals surface area (Å²) >= 11 is 7.20. The van der Waals surface area contributed by atoms with Crippen LogP contribution in [0.25, 0.3) is 5.69 Å². The van der Waals surface area contributed by atoms with Gasteiger partial charge in [-0.25, -0.2) is 9.67 Å². The Bertz CT molecular complexity index is 798. The van der Waals surface area contributed by atoms with Crippen molar-refractivity contribution in [2.75, 3.05) is 7.05 Å². The quantitative estimate of drug-likeness (QED) is 0.721. The molecule has 5 nitrogen and oxygen atoms in total. The monoisotopic (exact) mass is 346 g/mol. The van der Waals surface area contributed by atoms with E-state index in [4.69, 9.17) is 11.6 Å². The highest BCUT2D eigenvalue weighted by molar-refractivity contribution is 7.17. The molecular weight excluding hydrogens is 332 g/mol. The van der Waals surface area contributed by atoms with Crippen LogP contribution < -0.4 is 0 Å². The van der Waals surface area contributed by atoms with Gasteiger partial charge >= 0.3 is 0 Å². The zero-order valence-electron chi connectivity index (χ0n) is 12.7. The van der Waals surface area contributed by atoms with Gasteiger partial charge < -0.3 is 4.90 Å². The Hall–Kier alpha value is -2.18. The van der Waals surface area contributed by atoms with Crippen LogP contribution in [0.3, 0.4) is 0 Å². The van der Waals surface area contributed by atoms with Crippen LogP contribution in [0.15, 0.2) is 49.1 Å². The second kappa shape index (κ2) is 6.52. The topological polar surface area (TPSA) is 51.0 Å². The Labute approximate surface area is 143 Å². The summed E-state index contributed by atoms with van der Waals surface area (Å²) in [5, 5.41) is 4.10. The minimum Gasteiger partial charge on any atom is -0.334 e. The van der Waals surface area contributed by atoms with Gasteiger partial charge in [0.1, 0.15) is 12.7 Å². The van der Waals surface area contributed by atoms with Crippen molar-refractivity contribution in [3.63, 3.8) is 0 Å². The van der Waals surface area contributed by atoms with Crippen LogP contribution in [0.4, 0.5) is 0 Å². The zero-order chi connectivity index (χ0) is 16.4. The first-order chi connectivity index (χ1) is 11.1. The SMILES string of the molecule is C[C@@H](c1ccc(-n2cncn2)cc1)N(C)C(=O)c1ccc(Cl)s1. The van der Waals surface area contributed by atoms with Gasteiger partial charge in [0.2, 0.25) is 0 Å². The van der Waals surface area contributed by atoms with Gasteiger partial charge in [0.25, 0.3) is 5.91 Å². The molecule has 0 fully saturated rings. The van der Waals surface area contributed by atoms with E-state index in [0.29, 0.717) is 9.21 Å². The van der Waals surface area contributed by atoms with E-state index in [2.05, 4.69) is 10.1 Å². The summed E-state index contributed by atoms with van der Waals surface area (Å²) in [5.74, 6) is -0.0326. The molecule has 0 aliphatic heterocycles. The van der Waals surface area contributed by atoms with Gasteiger partial charge in [-0.15, -0.1) is 11.3 Å². The maximum absolute atomic E-state index is 12.5. The van der Waals surface area contributed by atoms with Crippen LogP contribution in [0.2, 0.25) is 4.34 Å². The molecule has 0 aliphatic carbocycles. The highest BCUT2D eigenvalue weighted by Crippen LogP contribution is 2.26. The highest BCUT2D eigenvalue weighted by Gasteiger charge is 2.20. The predicted octanol–water partition coefficient (Wildman–Crippen LogP) is 3.82. The lowest BCUT2D eigenvalue weighted by molar-refractivity contribution is 0.0747. The molecule has 0 bridgehead atoms. The zero-order valence-corrected chi connectivity index (χ0v) is 14.3. The third-order valence-electron chi connectivity index (χ3n) is 3.74. The Kier molecular flexibility index (Phi) is 4.45. The summed E-state index contributed by atoms with van der Waals surface area (Å²) in [7, 11) is 1.80. The van der Waals surface area contributed by atoms with Crippen molar-refractivity contribution in [3.8, 4) is 5.69 Å². The van der Waals surface area contributed by atoms with E-state index in [1.807, 2.05) is 31.2 Å². The van der Waals surface area contributed by atoms with Crippen molar-refractivity contribution < 1.29 is 4.79 Å². The average Bonchev–Trinajstić information content (AvgIpc) is 3.24. The molecule has 0 aliphatic rings. The number of nitrogens with zero attached hydrogens (tertiary/aromatic N) is 4. The highest BCUT2D eigenvalue weighted by atomic mass is 35.5. The van der Waals surface area contributed by atoms with Gasteiger partial charge in [0.15, 0.2) is 0 Å². The molecule has 0 N–H and O–H groups in total. The van der Waals surface area contributed by atoms with E-state index in [-0.39, 0.29) is 11.9 Å². The molecule has 7 heteroatoms. The molecule has 2 heterocycles. The number of benzene rings is 1. The van der Waals surface area contributed by atoms with Crippen LogP contribution in [-0.4, -0.2) is 32.6 Å². The molecule has 0 saturated heterocycles. The molecule has 1 aromatic carbocycles. The Balaban J connectivity index is 1.77. The van der Waals surface area contributed by atoms with E-state index in [1.165, 1.54) is 17.7 Å². The van der Waals surface area contributed by atoms with E-state index in [0.717, 1.165) is 11.3 Å². The van der Waals surface area contributed by atoms with Gasteiger partial charge in [-0.3, -0.25) is 4.79 Å². The molecule has 1 atom stereocenters. The molecule has 1 amide bonds. The van der Waals surface area contributed by atoms with Gasteiger partial charge in [0, 0.05) is 7.05 Å². The predicted molar refractivity (Wildman–Crippen MR) is 91.2 cm³/mol. The first kappa shape index (κ1) is 15.7. The van der Waals surface area contributed by atoms with E-state index >= 15 is 0 Å². The Morgan fingerprint density at radius 1 is 1.26 bits per heavy atom. The molecule has 3 rings (SSSR count). The van der Waals surface area contributed by atoms with Crippen molar-refractivity contribution in [3.05, 3.63) is 63.8 Å². The van der Waals surface area contributed by atoms with Gasteiger partial charge in [-0.2, -0.15) is 5.10 Å². The van der Waals surface area contributed by atoms with E-state index in [1.54, 1.807) is 35.1 Å². The average molecular weight is 347 g/mol. The van der Waals surface area contributed by atoms with Crippen LogP contribution in [0, 0.1) is 0 Å². The Morgan fingerprint density at radius 3 is 2.57 bits per heavy atom. The lowest BCUT2D eigenvalue weighted by atomic mass is 10.1. The van der Waals surface area contributed by atoms with Crippen molar-refractivity contribution >= 4 is 28.8 Å². The molecule has 118 valence electrons. The fraction of sp³-hybridized carbons (Fsp3) is 0.188. The van der Waals surface area contributed by atoms with E-state index in [9.17, 15) is 4.79 Å². The summed E-state index contributed by atoms with van der Waals surface area (Å²) < 4.78 is 2.31. The summed E-state index contributed by atoms with van der Waals surface area (Å²) in [6, 6.07) is 11.4. The van der Waals surface area contributed by atoms with Crippen LogP contribution in [0.1, 0.15) is 28.2 Å². The summed E-state index contributed by atoms with van der Waals surface area (Å²) in [4.78, 5) is 18.8. The molecule has 0 saturated carbocycles. The maximum Gasteiger partial charge on any atom is 0.264 e. The minimum atomic E-state index is -0.0480. The third-order valence-corrected chi connectivity index (χ3v) is 4.96. The van der Waals surface area contributed by atoms with Crippen LogP contribution in [0.5, 0.6) is 0 Å². The van der Waals surface area contributed by atoms with Gasteiger partial charge in [-0.1, -0.05) is 23.7 Å². The number of hydrogen-bond acceptors (Lipinski definition) is 4. The number of hydrogen-bond donors (Lipinski definition) is 0. The van der Waals surface area contributed by atoms with Gasteiger partial charge in [0.05, 0.1) is 20.9 Å².